The molecule has 0 radical (unpaired) electrons. The summed E-state index contributed by atoms with van der Waals surface area (Å²) in [6.45, 7) is -0.0173. The maximum absolute atomic E-state index is 12.9. The van der Waals surface area contributed by atoms with E-state index in [-0.39, 0.29) is 30.5 Å². The van der Waals surface area contributed by atoms with Crippen molar-refractivity contribution in [2.24, 2.45) is 17.8 Å². The van der Waals surface area contributed by atoms with Crippen LogP contribution in [0.1, 0.15) is 38.5 Å². The maximum atomic E-state index is 12.9. The summed E-state index contributed by atoms with van der Waals surface area (Å²) in [5, 5.41) is 3.85. The smallest absolute Gasteiger partial charge is 0.265 e. The molecule has 0 atom stereocenters. The van der Waals surface area contributed by atoms with E-state index in [4.69, 9.17) is 16.3 Å². The van der Waals surface area contributed by atoms with Crippen LogP contribution in [0.3, 0.4) is 0 Å². The predicted molar refractivity (Wildman–Crippen MR) is 98.3 cm³/mol. The zero-order chi connectivity index (χ0) is 17.9. The van der Waals surface area contributed by atoms with Crippen LogP contribution in [0.15, 0.2) is 18.2 Å². The van der Waals surface area contributed by atoms with E-state index in [2.05, 4.69) is 5.32 Å². The van der Waals surface area contributed by atoms with Crippen LogP contribution in [0.2, 0.25) is 5.02 Å². The van der Waals surface area contributed by atoms with Gasteiger partial charge in [0.25, 0.3) is 5.91 Å². The highest BCUT2D eigenvalue weighted by atomic mass is 35.5. The average Bonchev–Trinajstić information content (AvgIpc) is 2.56. The van der Waals surface area contributed by atoms with Crippen molar-refractivity contribution >= 4 is 29.1 Å². The molecule has 2 amide bonds. The third-order valence-corrected chi connectivity index (χ3v) is 6.84. The minimum Gasteiger partial charge on any atom is -0.482 e. The number of amides is 2. The Labute approximate surface area is 158 Å². The number of nitrogens with one attached hydrogen (secondary N) is 1. The normalized spacial score (nSPS) is 34.4. The highest BCUT2D eigenvalue weighted by Crippen LogP contribution is 2.55. The number of rotatable bonds is 3. The first-order valence-electron chi connectivity index (χ1n) is 9.53. The maximum Gasteiger partial charge on any atom is 0.265 e. The molecule has 6 heteroatoms. The van der Waals surface area contributed by atoms with E-state index in [1.165, 1.54) is 24.2 Å². The number of halogens is 1. The summed E-state index contributed by atoms with van der Waals surface area (Å²) in [6.07, 6.45) is 7.31. The Hall–Kier alpha value is -1.75. The van der Waals surface area contributed by atoms with Crippen LogP contribution in [0.4, 0.5) is 5.69 Å². The quantitative estimate of drug-likeness (QED) is 0.884. The van der Waals surface area contributed by atoms with E-state index in [0.29, 0.717) is 16.5 Å². The van der Waals surface area contributed by atoms with Gasteiger partial charge in [0.05, 0.1) is 5.69 Å². The molecule has 4 saturated carbocycles. The fourth-order valence-electron chi connectivity index (χ4n) is 6.09. The molecule has 0 spiro atoms. The number of nitrogens with zero attached hydrogens (tertiary/aromatic N) is 1. The lowest BCUT2D eigenvalue weighted by Gasteiger charge is -2.57. The molecule has 5 nitrogen and oxygen atoms in total. The van der Waals surface area contributed by atoms with Crippen LogP contribution in [0.25, 0.3) is 0 Å². The minimum atomic E-state index is -0.208. The van der Waals surface area contributed by atoms with Crippen molar-refractivity contribution in [3.8, 4) is 5.75 Å². The summed E-state index contributed by atoms with van der Waals surface area (Å²) in [4.78, 5) is 26.7. The third-order valence-electron chi connectivity index (χ3n) is 6.61. The summed E-state index contributed by atoms with van der Waals surface area (Å²) < 4.78 is 5.45. The fourth-order valence-corrected chi connectivity index (χ4v) is 6.26. The third kappa shape index (κ3) is 2.77. The molecule has 0 aromatic heterocycles. The summed E-state index contributed by atoms with van der Waals surface area (Å²) in [5.41, 5.74) is 0.535. The molecule has 4 aliphatic carbocycles. The molecule has 26 heavy (non-hydrogen) atoms. The van der Waals surface area contributed by atoms with Crippen LogP contribution < -0.4 is 15.0 Å². The minimum absolute atomic E-state index is 0.0251. The van der Waals surface area contributed by atoms with Gasteiger partial charge < -0.3 is 10.1 Å². The lowest BCUT2D eigenvalue weighted by atomic mass is 9.53. The number of ether oxygens (including phenoxy) is 1. The van der Waals surface area contributed by atoms with Crippen molar-refractivity contribution in [1.29, 1.82) is 0 Å². The molecule has 5 aliphatic rings. The Bertz CT molecular complexity index is 743. The first kappa shape index (κ1) is 16.4. The van der Waals surface area contributed by atoms with Gasteiger partial charge in [-0.2, -0.15) is 0 Å². The van der Waals surface area contributed by atoms with E-state index in [9.17, 15) is 9.59 Å². The predicted octanol–water partition coefficient (Wildman–Crippen LogP) is 3.15. The van der Waals surface area contributed by atoms with Gasteiger partial charge >= 0.3 is 0 Å². The van der Waals surface area contributed by atoms with Crippen LogP contribution in [-0.4, -0.2) is 30.5 Å². The van der Waals surface area contributed by atoms with E-state index in [1.54, 1.807) is 18.2 Å². The van der Waals surface area contributed by atoms with Crippen LogP contribution >= 0.6 is 11.6 Å². The standard InChI is InChI=1S/C20H23ClN2O3/c21-15-1-2-17-16(6-15)23(19(25)11-26-17)10-18(24)22-20-7-12-3-13(8-20)5-14(4-12)9-20/h1-2,6,12-14H,3-5,7-11H2,(H,22,24). The molecule has 1 aliphatic heterocycles. The summed E-state index contributed by atoms with van der Waals surface area (Å²) in [5.74, 6) is 2.62. The van der Waals surface area contributed by atoms with E-state index >= 15 is 0 Å². The lowest BCUT2D eigenvalue weighted by Crippen LogP contribution is -2.61. The summed E-state index contributed by atoms with van der Waals surface area (Å²) in [6, 6.07) is 5.16. The SMILES string of the molecule is O=C(CN1C(=O)COc2ccc(Cl)cc21)NC12CC3CC(CC(C3)C1)C2. The van der Waals surface area contributed by atoms with Gasteiger partial charge in [-0.05, 0) is 74.5 Å². The number of hydrogen-bond donors (Lipinski definition) is 1. The molecule has 138 valence electrons. The van der Waals surface area contributed by atoms with E-state index in [0.717, 1.165) is 37.0 Å². The fraction of sp³-hybridized carbons (Fsp3) is 0.600. The van der Waals surface area contributed by atoms with Gasteiger partial charge in [0.1, 0.15) is 12.3 Å². The van der Waals surface area contributed by atoms with Gasteiger partial charge in [0.2, 0.25) is 5.91 Å². The molecular formula is C20H23ClN2O3. The number of carbonyl (C=O) groups excluding carboxylic acids is 2. The monoisotopic (exact) mass is 374 g/mol. The number of carbonyl (C=O) groups is 2. The topological polar surface area (TPSA) is 58.6 Å². The molecule has 1 heterocycles. The Morgan fingerprint density at radius 1 is 1.19 bits per heavy atom. The Balaban J connectivity index is 1.33. The lowest BCUT2D eigenvalue weighted by molar-refractivity contribution is -0.128. The highest BCUT2D eigenvalue weighted by molar-refractivity contribution is 6.31. The Kier molecular flexibility index (Phi) is 3.71. The van der Waals surface area contributed by atoms with E-state index < -0.39 is 0 Å². The van der Waals surface area contributed by atoms with Crippen molar-refractivity contribution in [2.45, 2.75) is 44.1 Å². The first-order valence-corrected chi connectivity index (χ1v) is 9.91. The molecule has 0 saturated heterocycles. The Morgan fingerprint density at radius 3 is 2.50 bits per heavy atom. The van der Waals surface area contributed by atoms with E-state index in [1.807, 2.05) is 0 Å². The van der Waals surface area contributed by atoms with Crippen LogP contribution in [0.5, 0.6) is 5.75 Å². The first-order chi connectivity index (χ1) is 12.5. The highest BCUT2D eigenvalue weighted by Gasteiger charge is 2.51. The second-order valence-corrected chi connectivity index (χ2v) is 9.06. The van der Waals surface area contributed by atoms with Crippen LogP contribution in [-0.2, 0) is 9.59 Å². The van der Waals surface area contributed by atoms with Gasteiger partial charge in [-0.1, -0.05) is 11.6 Å². The van der Waals surface area contributed by atoms with Crippen LogP contribution in [0, 0.1) is 17.8 Å². The van der Waals surface area contributed by atoms with Gasteiger partial charge in [0, 0.05) is 10.6 Å². The molecule has 1 aromatic rings. The molecule has 0 unspecified atom stereocenters. The van der Waals surface area contributed by atoms with Gasteiger partial charge in [-0.3, -0.25) is 14.5 Å². The summed E-state index contributed by atoms with van der Waals surface area (Å²) in [7, 11) is 0. The van der Waals surface area contributed by atoms with Crippen molar-refractivity contribution < 1.29 is 14.3 Å². The van der Waals surface area contributed by atoms with Crippen molar-refractivity contribution in [3.63, 3.8) is 0 Å². The molecule has 1 N–H and O–H groups in total. The molecule has 6 rings (SSSR count). The Morgan fingerprint density at radius 2 is 1.85 bits per heavy atom. The van der Waals surface area contributed by atoms with Gasteiger partial charge in [-0.25, -0.2) is 0 Å². The van der Waals surface area contributed by atoms with Crippen molar-refractivity contribution in [3.05, 3.63) is 23.2 Å². The van der Waals surface area contributed by atoms with Gasteiger partial charge in [-0.15, -0.1) is 0 Å². The molecule has 4 bridgehead atoms. The zero-order valence-electron chi connectivity index (χ0n) is 14.7. The molecule has 4 fully saturated rings. The number of anilines is 1. The summed E-state index contributed by atoms with van der Waals surface area (Å²) >= 11 is 6.08. The second kappa shape index (κ2) is 5.88. The molecule has 1 aromatic carbocycles. The number of fused-ring (bicyclic) bond motifs is 1. The number of hydrogen-bond acceptors (Lipinski definition) is 3. The van der Waals surface area contributed by atoms with Gasteiger partial charge in [0.15, 0.2) is 6.61 Å². The second-order valence-electron chi connectivity index (χ2n) is 8.63. The zero-order valence-corrected chi connectivity index (χ0v) is 15.4. The van der Waals surface area contributed by atoms with Crippen molar-refractivity contribution in [2.75, 3.05) is 18.1 Å². The largest absolute Gasteiger partial charge is 0.482 e. The van der Waals surface area contributed by atoms with Crippen molar-refractivity contribution in [1.82, 2.24) is 5.32 Å². The molecular weight excluding hydrogens is 352 g/mol. The number of benzene rings is 1. The average molecular weight is 375 g/mol.